The molecule has 0 aromatic heterocycles. The molecule has 2 aromatic rings. The van der Waals surface area contributed by atoms with Gasteiger partial charge in [0.1, 0.15) is 0 Å². The molecule has 0 aliphatic rings. The van der Waals surface area contributed by atoms with Crippen LogP contribution in [0.4, 0.5) is 0 Å². The normalized spacial score (nSPS) is 11.3. The quantitative estimate of drug-likeness (QED) is 0.820. The van der Waals surface area contributed by atoms with Crippen LogP contribution in [0.25, 0.3) is 12.2 Å². The summed E-state index contributed by atoms with van der Waals surface area (Å²) >= 11 is 5.82. The summed E-state index contributed by atoms with van der Waals surface area (Å²) in [7, 11) is 1.53. The van der Waals surface area contributed by atoms with Crippen LogP contribution in [0, 0.1) is 0 Å². The third-order valence-electron chi connectivity index (χ3n) is 2.76. The molecule has 102 valence electrons. The lowest BCUT2D eigenvalue weighted by molar-refractivity contribution is 0.373. The van der Waals surface area contributed by atoms with E-state index in [-0.39, 0.29) is 5.75 Å². The molecule has 20 heavy (non-hydrogen) atoms. The number of ether oxygens (including phenoxy) is 1. The van der Waals surface area contributed by atoms with Crippen LogP contribution in [0.5, 0.6) is 11.5 Å². The summed E-state index contributed by atoms with van der Waals surface area (Å²) in [5.41, 5.74) is 2.04. The zero-order chi connectivity index (χ0) is 14.4. The van der Waals surface area contributed by atoms with E-state index < -0.39 is 0 Å². The second kappa shape index (κ2) is 6.83. The van der Waals surface area contributed by atoms with E-state index in [1.165, 1.54) is 7.11 Å². The molecule has 0 spiro atoms. The predicted octanol–water partition coefficient (Wildman–Crippen LogP) is 4.78. The van der Waals surface area contributed by atoms with Crippen molar-refractivity contribution in [3.05, 3.63) is 70.8 Å². The summed E-state index contributed by atoms with van der Waals surface area (Å²) < 4.78 is 5.06. The molecular weight excluding hydrogens is 272 g/mol. The SMILES string of the molecule is COc1cc(/C=C/C=C/c2ccc(Cl)cc2)ccc1O. The van der Waals surface area contributed by atoms with Crippen molar-refractivity contribution in [2.45, 2.75) is 0 Å². The van der Waals surface area contributed by atoms with Crippen molar-refractivity contribution >= 4 is 23.8 Å². The molecule has 0 amide bonds. The minimum absolute atomic E-state index is 0.140. The zero-order valence-electron chi connectivity index (χ0n) is 11.1. The molecule has 0 aliphatic heterocycles. The maximum Gasteiger partial charge on any atom is 0.161 e. The average Bonchev–Trinajstić information content (AvgIpc) is 2.47. The molecule has 2 aromatic carbocycles. The lowest BCUT2D eigenvalue weighted by atomic mass is 10.1. The van der Waals surface area contributed by atoms with Gasteiger partial charge in [-0.2, -0.15) is 0 Å². The van der Waals surface area contributed by atoms with E-state index in [1.54, 1.807) is 12.1 Å². The first-order chi connectivity index (χ1) is 9.69. The number of hydrogen-bond acceptors (Lipinski definition) is 2. The van der Waals surface area contributed by atoms with Gasteiger partial charge in [-0.25, -0.2) is 0 Å². The molecule has 0 saturated heterocycles. The predicted molar refractivity (Wildman–Crippen MR) is 84.2 cm³/mol. The summed E-state index contributed by atoms with van der Waals surface area (Å²) in [6, 6.07) is 12.8. The van der Waals surface area contributed by atoms with Gasteiger partial charge in [0.2, 0.25) is 0 Å². The van der Waals surface area contributed by atoms with Crippen LogP contribution in [-0.2, 0) is 0 Å². The van der Waals surface area contributed by atoms with Crippen LogP contribution in [0.15, 0.2) is 54.6 Å². The maximum absolute atomic E-state index is 9.50. The Labute approximate surface area is 123 Å². The first-order valence-corrected chi connectivity index (χ1v) is 6.54. The molecule has 0 unspecified atom stereocenters. The van der Waals surface area contributed by atoms with Gasteiger partial charge in [0.15, 0.2) is 11.5 Å². The van der Waals surface area contributed by atoms with Gasteiger partial charge in [-0.05, 0) is 35.4 Å². The number of phenols is 1. The summed E-state index contributed by atoms with van der Waals surface area (Å²) in [5.74, 6) is 0.607. The van der Waals surface area contributed by atoms with Crippen molar-refractivity contribution in [2.24, 2.45) is 0 Å². The number of hydrogen-bond donors (Lipinski definition) is 1. The Kier molecular flexibility index (Phi) is 4.85. The first kappa shape index (κ1) is 14.2. The lowest BCUT2D eigenvalue weighted by Gasteiger charge is -2.03. The molecule has 3 heteroatoms. The van der Waals surface area contributed by atoms with E-state index in [0.29, 0.717) is 5.75 Å². The van der Waals surface area contributed by atoms with Crippen LogP contribution in [-0.4, -0.2) is 12.2 Å². The van der Waals surface area contributed by atoms with E-state index in [4.69, 9.17) is 16.3 Å². The van der Waals surface area contributed by atoms with Gasteiger partial charge >= 0.3 is 0 Å². The third kappa shape index (κ3) is 3.90. The van der Waals surface area contributed by atoms with E-state index in [0.717, 1.165) is 16.1 Å². The highest BCUT2D eigenvalue weighted by Gasteiger charge is 1.99. The van der Waals surface area contributed by atoms with Crippen LogP contribution in [0.1, 0.15) is 11.1 Å². The Morgan fingerprint density at radius 2 is 1.55 bits per heavy atom. The molecular formula is C17H15ClO2. The second-order valence-corrected chi connectivity index (χ2v) is 4.64. The fourth-order valence-corrected chi connectivity index (χ4v) is 1.83. The monoisotopic (exact) mass is 286 g/mol. The number of halogens is 1. The van der Waals surface area contributed by atoms with Gasteiger partial charge in [0, 0.05) is 5.02 Å². The largest absolute Gasteiger partial charge is 0.504 e. The summed E-state index contributed by atoms with van der Waals surface area (Å²) in [6.45, 7) is 0. The smallest absolute Gasteiger partial charge is 0.161 e. The minimum Gasteiger partial charge on any atom is -0.504 e. The number of benzene rings is 2. The van der Waals surface area contributed by atoms with Gasteiger partial charge < -0.3 is 9.84 Å². The molecule has 2 nitrogen and oxygen atoms in total. The van der Waals surface area contributed by atoms with Crippen LogP contribution in [0.2, 0.25) is 5.02 Å². The van der Waals surface area contributed by atoms with Crippen molar-refractivity contribution in [1.29, 1.82) is 0 Å². The minimum atomic E-state index is 0.140. The Balaban J connectivity index is 2.04. The van der Waals surface area contributed by atoms with E-state index in [1.807, 2.05) is 54.6 Å². The van der Waals surface area contributed by atoms with Gasteiger partial charge in [0.05, 0.1) is 7.11 Å². The molecule has 0 bridgehead atoms. The zero-order valence-corrected chi connectivity index (χ0v) is 11.8. The third-order valence-corrected chi connectivity index (χ3v) is 3.01. The van der Waals surface area contributed by atoms with Crippen LogP contribution in [0.3, 0.4) is 0 Å². The van der Waals surface area contributed by atoms with Crippen molar-refractivity contribution in [3.63, 3.8) is 0 Å². The van der Waals surface area contributed by atoms with Crippen molar-refractivity contribution in [1.82, 2.24) is 0 Å². The molecule has 0 fully saturated rings. The number of allylic oxidation sites excluding steroid dienone is 2. The van der Waals surface area contributed by atoms with Crippen molar-refractivity contribution in [3.8, 4) is 11.5 Å². The second-order valence-electron chi connectivity index (χ2n) is 4.20. The van der Waals surface area contributed by atoms with E-state index >= 15 is 0 Å². The molecule has 1 N–H and O–H groups in total. The van der Waals surface area contributed by atoms with Gasteiger partial charge in [-0.3, -0.25) is 0 Å². The Bertz CT molecular complexity index is 628. The van der Waals surface area contributed by atoms with Crippen LogP contribution < -0.4 is 4.74 Å². The van der Waals surface area contributed by atoms with E-state index in [9.17, 15) is 5.11 Å². The van der Waals surface area contributed by atoms with Crippen molar-refractivity contribution < 1.29 is 9.84 Å². The molecule has 0 atom stereocenters. The highest BCUT2D eigenvalue weighted by molar-refractivity contribution is 6.30. The highest BCUT2D eigenvalue weighted by Crippen LogP contribution is 2.26. The van der Waals surface area contributed by atoms with Crippen LogP contribution >= 0.6 is 11.6 Å². The standard InChI is InChI=1S/C17H15ClO2/c1-20-17-12-14(8-11-16(17)19)5-3-2-4-13-6-9-15(18)10-7-13/h2-12,19H,1H3/b4-2+,5-3+. The maximum atomic E-state index is 9.50. The summed E-state index contributed by atoms with van der Waals surface area (Å²) in [5, 5.41) is 10.2. The summed E-state index contributed by atoms with van der Waals surface area (Å²) in [4.78, 5) is 0. The fourth-order valence-electron chi connectivity index (χ4n) is 1.71. The van der Waals surface area contributed by atoms with Gasteiger partial charge in [0.25, 0.3) is 0 Å². The van der Waals surface area contributed by atoms with Gasteiger partial charge in [-0.15, -0.1) is 0 Å². The Hall–Kier alpha value is -2.19. The number of aromatic hydroxyl groups is 1. The fraction of sp³-hybridized carbons (Fsp3) is 0.0588. The Morgan fingerprint density at radius 1 is 0.950 bits per heavy atom. The number of rotatable bonds is 4. The molecule has 0 radical (unpaired) electrons. The Morgan fingerprint density at radius 3 is 2.20 bits per heavy atom. The molecule has 2 rings (SSSR count). The lowest BCUT2D eigenvalue weighted by Crippen LogP contribution is -1.83. The first-order valence-electron chi connectivity index (χ1n) is 6.16. The number of phenolic OH excluding ortho intramolecular Hbond substituents is 1. The molecule has 0 heterocycles. The van der Waals surface area contributed by atoms with Gasteiger partial charge in [-0.1, -0.05) is 54.1 Å². The van der Waals surface area contributed by atoms with E-state index in [2.05, 4.69) is 0 Å². The molecule has 0 saturated carbocycles. The number of methoxy groups -OCH3 is 1. The summed E-state index contributed by atoms with van der Waals surface area (Å²) in [6.07, 6.45) is 7.81. The topological polar surface area (TPSA) is 29.5 Å². The average molecular weight is 287 g/mol. The molecule has 0 aliphatic carbocycles. The van der Waals surface area contributed by atoms with Crippen molar-refractivity contribution in [2.75, 3.05) is 7.11 Å². The highest BCUT2D eigenvalue weighted by atomic mass is 35.5.